The predicted octanol–water partition coefficient (Wildman–Crippen LogP) is 4.27. The third-order valence-electron chi connectivity index (χ3n) is 5.75. The van der Waals surface area contributed by atoms with E-state index in [1.807, 2.05) is 6.07 Å². The van der Waals surface area contributed by atoms with Crippen molar-refractivity contribution in [1.29, 1.82) is 0 Å². The Morgan fingerprint density at radius 1 is 1.08 bits per heavy atom. The van der Waals surface area contributed by atoms with Crippen LogP contribution in [0.25, 0.3) is 16.7 Å². The number of rotatable bonds is 5. The van der Waals surface area contributed by atoms with Gasteiger partial charge in [0.1, 0.15) is 35.2 Å². The van der Waals surface area contributed by atoms with Crippen LogP contribution in [-0.2, 0) is 4.74 Å². The van der Waals surface area contributed by atoms with E-state index < -0.39 is 0 Å². The number of hydrogen-bond acceptors (Lipinski definition) is 10. The van der Waals surface area contributed by atoms with E-state index in [2.05, 4.69) is 49.1 Å². The molecule has 36 heavy (non-hydrogen) atoms. The monoisotopic (exact) mass is 503 g/mol. The van der Waals surface area contributed by atoms with Crippen molar-refractivity contribution in [2.75, 3.05) is 29.9 Å². The van der Waals surface area contributed by atoms with Gasteiger partial charge in [-0.1, -0.05) is 11.6 Å². The summed E-state index contributed by atoms with van der Waals surface area (Å²) in [5.41, 5.74) is 2.39. The van der Waals surface area contributed by atoms with Crippen molar-refractivity contribution in [1.82, 2.24) is 34.5 Å². The van der Waals surface area contributed by atoms with Crippen LogP contribution >= 0.6 is 11.6 Å². The number of nitrogens with one attached hydrogen (secondary N) is 1. The van der Waals surface area contributed by atoms with Crippen molar-refractivity contribution in [2.24, 2.45) is 0 Å². The summed E-state index contributed by atoms with van der Waals surface area (Å²) in [5.74, 6) is 2.29. The molecule has 1 aliphatic rings. The molecule has 5 heterocycles. The van der Waals surface area contributed by atoms with Crippen LogP contribution in [-0.4, -0.2) is 59.8 Å². The van der Waals surface area contributed by atoms with E-state index >= 15 is 0 Å². The molecule has 0 aliphatic carbocycles. The number of halogens is 1. The van der Waals surface area contributed by atoms with Gasteiger partial charge in [-0.2, -0.15) is 5.10 Å². The molecule has 5 aromatic rings. The Kier molecular flexibility index (Phi) is 5.50. The summed E-state index contributed by atoms with van der Waals surface area (Å²) in [4.78, 5) is 24.3. The number of anilines is 3. The zero-order chi connectivity index (χ0) is 24.7. The fourth-order valence-corrected chi connectivity index (χ4v) is 4.28. The number of ether oxygens (including phenoxy) is 2. The third kappa shape index (κ3) is 4.45. The molecule has 0 saturated carbocycles. The van der Waals surface area contributed by atoms with E-state index in [0.29, 0.717) is 64.7 Å². The van der Waals surface area contributed by atoms with Crippen molar-refractivity contribution in [2.45, 2.75) is 19.4 Å². The van der Waals surface area contributed by atoms with Gasteiger partial charge >= 0.3 is 0 Å². The van der Waals surface area contributed by atoms with E-state index in [1.165, 1.54) is 12.7 Å². The number of fused-ring (bicyclic) bond motifs is 2. The highest BCUT2D eigenvalue weighted by atomic mass is 35.5. The minimum atomic E-state index is -0.271. The zero-order valence-electron chi connectivity index (χ0n) is 19.6. The van der Waals surface area contributed by atoms with Gasteiger partial charge in [-0.25, -0.2) is 29.4 Å². The molecule has 1 aliphatic heterocycles. The molecular formula is C24H22ClN9O2. The first kappa shape index (κ1) is 22.4. The van der Waals surface area contributed by atoms with E-state index in [0.717, 1.165) is 5.69 Å². The lowest BCUT2D eigenvalue weighted by Crippen LogP contribution is -2.49. The molecule has 0 bridgehead atoms. The third-order valence-corrected chi connectivity index (χ3v) is 6.04. The Balaban J connectivity index is 1.25. The topological polar surface area (TPSA) is 115 Å². The SMILES string of the molecule is CC1(C)CN(c2ncc3ncnc(Nc4ccc(Oc5ccn6ncnc6c5)c(Cl)c4)c3n2)CCO1. The molecule has 12 heteroatoms. The minimum absolute atomic E-state index is 0.271. The maximum absolute atomic E-state index is 6.54. The van der Waals surface area contributed by atoms with Gasteiger partial charge in [0.25, 0.3) is 0 Å². The van der Waals surface area contributed by atoms with Crippen molar-refractivity contribution in [3.05, 3.63) is 60.4 Å². The normalized spacial score (nSPS) is 15.4. The molecule has 1 saturated heterocycles. The lowest BCUT2D eigenvalue weighted by atomic mass is 10.1. The highest BCUT2D eigenvalue weighted by Crippen LogP contribution is 2.33. The summed E-state index contributed by atoms with van der Waals surface area (Å²) in [6.45, 7) is 6.13. The minimum Gasteiger partial charge on any atom is -0.456 e. The van der Waals surface area contributed by atoms with Crippen LogP contribution in [0.2, 0.25) is 5.02 Å². The van der Waals surface area contributed by atoms with E-state index in [4.69, 9.17) is 26.1 Å². The smallest absolute Gasteiger partial charge is 0.226 e. The van der Waals surface area contributed by atoms with Crippen molar-refractivity contribution >= 4 is 45.7 Å². The second-order valence-corrected chi connectivity index (χ2v) is 9.36. The second kappa shape index (κ2) is 8.85. The van der Waals surface area contributed by atoms with Crippen LogP contribution in [0, 0.1) is 0 Å². The Labute approximate surface area is 211 Å². The van der Waals surface area contributed by atoms with E-state index in [1.54, 1.807) is 41.2 Å². The number of benzene rings is 1. The number of morpholine rings is 1. The summed E-state index contributed by atoms with van der Waals surface area (Å²) in [6, 6.07) is 9.00. The molecule has 0 radical (unpaired) electrons. The zero-order valence-corrected chi connectivity index (χ0v) is 20.3. The maximum atomic E-state index is 6.54. The van der Waals surface area contributed by atoms with Gasteiger partial charge in [0.15, 0.2) is 11.5 Å². The molecular weight excluding hydrogens is 482 g/mol. The van der Waals surface area contributed by atoms with Gasteiger partial charge in [-0.05, 0) is 38.1 Å². The summed E-state index contributed by atoms with van der Waals surface area (Å²) < 4.78 is 13.4. The van der Waals surface area contributed by atoms with Crippen molar-refractivity contribution in [3.8, 4) is 11.5 Å². The summed E-state index contributed by atoms with van der Waals surface area (Å²) in [5, 5.41) is 7.82. The van der Waals surface area contributed by atoms with Crippen LogP contribution in [0.15, 0.2) is 55.4 Å². The standard InChI is InChI=1S/C24H22ClN9O2/c1-24(2)12-33(7-8-35-24)23-26-11-18-21(32-23)22(29-13-27-18)31-15-3-4-19(17(25)9-15)36-16-5-6-34-20(10-16)28-14-30-34/h3-6,9-11,13-14H,7-8,12H2,1-2H3,(H,27,29,31). The average Bonchev–Trinajstić information content (AvgIpc) is 3.33. The molecule has 4 aromatic heterocycles. The van der Waals surface area contributed by atoms with Gasteiger partial charge in [-0.15, -0.1) is 0 Å². The first-order valence-electron chi connectivity index (χ1n) is 11.3. The molecule has 11 nitrogen and oxygen atoms in total. The van der Waals surface area contributed by atoms with Crippen molar-refractivity contribution < 1.29 is 9.47 Å². The molecule has 0 unspecified atom stereocenters. The lowest BCUT2D eigenvalue weighted by Gasteiger charge is -2.38. The highest BCUT2D eigenvalue weighted by Gasteiger charge is 2.29. The highest BCUT2D eigenvalue weighted by molar-refractivity contribution is 6.32. The molecule has 0 spiro atoms. The second-order valence-electron chi connectivity index (χ2n) is 8.95. The van der Waals surface area contributed by atoms with Gasteiger partial charge in [0, 0.05) is 31.0 Å². The van der Waals surface area contributed by atoms with E-state index in [-0.39, 0.29) is 5.60 Å². The van der Waals surface area contributed by atoms with Gasteiger partial charge in [0.05, 0.1) is 23.4 Å². The average molecular weight is 504 g/mol. The lowest BCUT2D eigenvalue weighted by molar-refractivity contribution is -0.0281. The number of hydrogen-bond donors (Lipinski definition) is 1. The van der Waals surface area contributed by atoms with Crippen LogP contribution < -0.4 is 15.0 Å². The first-order valence-corrected chi connectivity index (χ1v) is 11.7. The quantitative estimate of drug-likeness (QED) is 0.372. The van der Waals surface area contributed by atoms with Gasteiger partial charge in [0.2, 0.25) is 5.95 Å². The van der Waals surface area contributed by atoms with E-state index in [9.17, 15) is 0 Å². The Hall–Kier alpha value is -4.09. The Morgan fingerprint density at radius 3 is 2.86 bits per heavy atom. The van der Waals surface area contributed by atoms with Crippen LogP contribution in [0.4, 0.5) is 17.5 Å². The largest absolute Gasteiger partial charge is 0.456 e. The molecule has 0 amide bonds. The fraction of sp³-hybridized carbons (Fsp3) is 0.250. The van der Waals surface area contributed by atoms with Crippen LogP contribution in [0.1, 0.15) is 13.8 Å². The van der Waals surface area contributed by atoms with Gasteiger partial charge < -0.3 is 19.7 Å². The summed E-state index contributed by atoms with van der Waals surface area (Å²) in [7, 11) is 0. The molecule has 182 valence electrons. The Morgan fingerprint density at radius 2 is 2.00 bits per heavy atom. The number of pyridine rings is 1. The first-order chi connectivity index (χ1) is 17.4. The van der Waals surface area contributed by atoms with Crippen molar-refractivity contribution in [3.63, 3.8) is 0 Å². The number of nitrogens with zero attached hydrogens (tertiary/aromatic N) is 8. The number of aromatic nitrogens is 7. The summed E-state index contributed by atoms with van der Waals surface area (Å²) >= 11 is 6.54. The molecule has 0 atom stereocenters. The fourth-order valence-electron chi connectivity index (χ4n) is 4.06. The van der Waals surface area contributed by atoms with Gasteiger partial charge in [-0.3, -0.25) is 0 Å². The Bertz CT molecular complexity index is 1570. The van der Waals surface area contributed by atoms with Crippen LogP contribution in [0.3, 0.4) is 0 Å². The van der Waals surface area contributed by atoms with Crippen LogP contribution in [0.5, 0.6) is 11.5 Å². The molecule has 1 aromatic carbocycles. The molecule has 1 N–H and O–H groups in total. The molecule has 6 rings (SSSR count). The maximum Gasteiger partial charge on any atom is 0.226 e. The summed E-state index contributed by atoms with van der Waals surface area (Å²) in [6.07, 6.45) is 6.45. The predicted molar refractivity (Wildman–Crippen MR) is 135 cm³/mol. The molecule has 1 fully saturated rings.